The van der Waals surface area contributed by atoms with Gasteiger partial charge in [0.25, 0.3) is 0 Å². The van der Waals surface area contributed by atoms with E-state index in [9.17, 15) is 4.79 Å². The lowest BCUT2D eigenvalue weighted by Gasteiger charge is -2.01. The van der Waals surface area contributed by atoms with Crippen LogP contribution >= 0.6 is 22.9 Å². The van der Waals surface area contributed by atoms with Crippen LogP contribution in [-0.4, -0.2) is 11.4 Å². The van der Waals surface area contributed by atoms with Gasteiger partial charge in [-0.3, -0.25) is 4.79 Å². The number of aliphatic hydroxyl groups is 1. The smallest absolute Gasteiger partial charge is 0.151 e. The number of thiophene rings is 1. The molecule has 0 fully saturated rings. The molecule has 0 saturated carbocycles. The maximum Gasteiger partial charge on any atom is 0.151 e. The van der Waals surface area contributed by atoms with Crippen LogP contribution in [0.1, 0.15) is 15.9 Å². The normalized spacial score (nSPS) is 10.7. The van der Waals surface area contributed by atoms with Gasteiger partial charge in [0.15, 0.2) is 6.29 Å². The summed E-state index contributed by atoms with van der Waals surface area (Å²) in [5.41, 5.74) is 1.24. The molecule has 0 unspecified atom stereocenters. The molecule has 0 saturated heterocycles. The molecule has 1 aromatic heterocycles. The summed E-state index contributed by atoms with van der Waals surface area (Å²) in [7, 11) is 0. The summed E-state index contributed by atoms with van der Waals surface area (Å²) in [6.07, 6.45) is 0.784. The van der Waals surface area contributed by atoms with Gasteiger partial charge in [-0.15, -0.1) is 11.3 Å². The lowest BCUT2D eigenvalue weighted by Crippen LogP contribution is -1.86. The van der Waals surface area contributed by atoms with Crippen molar-refractivity contribution in [2.75, 3.05) is 0 Å². The summed E-state index contributed by atoms with van der Waals surface area (Å²) >= 11 is 7.53. The molecule has 1 heterocycles. The highest BCUT2D eigenvalue weighted by atomic mass is 35.5. The van der Waals surface area contributed by atoms with Gasteiger partial charge in [0.2, 0.25) is 0 Å². The third kappa shape index (κ3) is 1.34. The highest BCUT2D eigenvalue weighted by Gasteiger charge is 2.10. The summed E-state index contributed by atoms with van der Waals surface area (Å²) in [5.74, 6) is 0. The van der Waals surface area contributed by atoms with Crippen molar-refractivity contribution in [1.29, 1.82) is 0 Å². The van der Waals surface area contributed by atoms with Crippen LogP contribution in [0.25, 0.3) is 10.1 Å². The SMILES string of the molecule is O=Cc1csc2ccc(CO)c(Cl)c12. The first kappa shape index (κ1) is 9.65. The average molecular weight is 227 g/mol. The molecule has 72 valence electrons. The highest BCUT2D eigenvalue weighted by molar-refractivity contribution is 7.17. The Labute approximate surface area is 89.7 Å². The molecule has 2 nitrogen and oxygen atoms in total. The minimum Gasteiger partial charge on any atom is -0.392 e. The molecule has 4 heteroatoms. The van der Waals surface area contributed by atoms with Gasteiger partial charge in [-0.1, -0.05) is 17.7 Å². The van der Waals surface area contributed by atoms with Crippen molar-refractivity contribution < 1.29 is 9.90 Å². The van der Waals surface area contributed by atoms with Gasteiger partial charge < -0.3 is 5.11 Å². The summed E-state index contributed by atoms with van der Waals surface area (Å²) in [6.45, 7) is -0.108. The van der Waals surface area contributed by atoms with Crippen molar-refractivity contribution in [2.45, 2.75) is 6.61 Å². The number of carbonyl (C=O) groups is 1. The molecule has 0 amide bonds. The fourth-order valence-corrected chi connectivity index (χ4v) is 2.66. The predicted octanol–water partition coefficient (Wildman–Crippen LogP) is 2.86. The number of aldehydes is 1. The van der Waals surface area contributed by atoms with Crippen LogP contribution in [0.4, 0.5) is 0 Å². The Morgan fingerprint density at radius 1 is 1.50 bits per heavy atom. The Kier molecular flexibility index (Phi) is 2.54. The number of hydrogen-bond acceptors (Lipinski definition) is 3. The molecule has 0 aliphatic carbocycles. The predicted molar refractivity (Wildman–Crippen MR) is 58.1 cm³/mol. The molecule has 0 aliphatic heterocycles. The molecule has 0 spiro atoms. The summed E-state index contributed by atoms with van der Waals surface area (Å²) < 4.78 is 0.967. The Hall–Kier alpha value is -0.900. The van der Waals surface area contributed by atoms with Crippen molar-refractivity contribution in [2.24, 2.45) is 0 Å². The summed E-state index contributed by atoms with van der Waals surface area (Å²) in [4.78, 5) is 10.7. The van der Waals surface area contributed by atoms with Gasteiger partial charge in [-0.05, 0) is 11.6 Å². The van der Waals surface area contributed by atoms with Gasteiger partial charge >= 0.3 is 0 Å². The second kappa shape index (κ2) is 3.69. The van der Waals surface area contributed by atoms with Crippen LogP contribution in [0, 0.1) is 0 Å². The zero-order valence-corrected chi connectivity index (χ0v) is 8.73. The van der Waals surface area contributed by atoms with Crippen molar-refractivity contribution in [3.8, 4) is 0 Å². The fraction of sp³-hybridized carbons (Fsp3) is 0.100. The number of hydrogen-bond donors (Lipinski definition) is 1. The highest BCUT2D eigenvalue weighted by Crippen LogP contribution is 2.33. The molecule has 1 N–H and O–H groups in total. The summed E-state index contributed by atoms with van der Waals surface area (Å²) in [6, 6.07) is 3.64. The molecule has 1 aromatic carbocycles. The van der Waals surface area contributed by atoms with Crippen LogP contribution in [0.2, 0.25) is 5.02 Å². The maximum absolute atomic E-state index is 10.7. The van der Waals surface area contributed by atoms with Crippen LogP contribution < -0.4 is 0 Å². The van der Waals surface area contributed by atoms with E-state index in [1.165, 1.54) is 11.3 Å². The third-order valence-corrected chi connectivity index (χ3v) is 3.48. The van der Waals surface area contributed by atoms with Crippen molar-refractivity contribution >= 4 is 39.3 Å². The third-order valence-electron chi connectivity index (χ3n) is 2.08. The molecule has 0 radical (unpaired) electrons. The number of halogens is 1. The lowest BCUT2D eigenvalue weighted by molar-refractivity contribution is 0.112. The van der Waals surface area contributed by atoms with E-state index in [0.29, 0.717) is 16.1 Å². The zero-order valence-electron chi connectivity index (χ0n) is 7.16. The van der Waals surface area contributed by atoms with Gasteiger partial charge in [0.05, 0.1) is 11.6 Å². The van der Waals surface area contributed by atoms with E-state index >= 15 is 0 Å². The van der Waals surface area contributed by atoms with Gasteiger partial charge in [0, 0.05) is 21.0 Å². The van der Waals surface area contributed by atoms with E-state index in [2.05, 4.69) is 0 Å². The van der Waals surface area contributed by atoms with Gasteiger partial charge in [-0.25, -0.2) is 0 Å². The standard InChI is InChI=1S/C10H7ClO2S/c11-10-6(3-12)1-2-8-9(10)7(4-13)5-14-8/h1-2,4-5,12H,3H2. The second-order valence-electron chi connectivity index (χ2n) is 2.88. The Morgan fingerprint density at radius 2 is 2.29 bits per heavy atom. The molecule has 2 rings (SSSR count). The molecule has 0 bridgehead atoms. The Bertz CT molecular complexity index is 490. The van der Waals surface area contributed by atoms with Crippen LogP contribution in [0.15, 0.2) is 17.5 Å². The first-order valence-corrected chi connectivity index (χ1v) is 5.28. The average Bonchev–Trinajstić information content (AvgIpc) is 2.62. The Balaban J connectivity index is 2.83. The number of benzene rings is 1. The quantitative estimate of drug-likeness (QED) is 0.800. The fourth-order valence-electron chi connectivity index (χ4n) is 1.36. The number of rotatable bonds is 2. The summed E-state index contributed by atoms with van der Waals surface area (Å²) in [5, 5.41) is 12.0. The van der Waals surface area contributed by atoms with Crippen LogP contribution in [0.5, 0.6) is 0 Å². The first-order valence-electron chi connectivity index (χ1n) is 4.02. The number of aliphatic hydroxyl groups excluding tert-OH is 1. The van der Waals surface area contributed by atoms with Crippen LogP contribution in [-0.2, 0) is 6.61 Å². The van der Waals surface area contributed by atoms with E-state index in [4.69, 9.17) is 16.7 Å². The zero-order chi connectivity index (χ0) is 10.1. The monoisotopic (exact) mass is 226 g/mol. The van der Waals surface area contributed by atoms with E-state index in [1.54, 1.807) is 11.4 Å². The van der Waals surface area contributed by atoms with Crippen LogP contribution in [0.3, 0.4) is 0 Å². The van der Waals surface area contributed by atoms with Gasteiger partial charge in [0.1, 0.15) is 0 Å². The van der Waals surface area contributed by atoms with Gasteiger partial charge in [-0.2, -0.15) is 0 Å². The number of carbonyl (C=O) groups excluding carboxylic acids is 1. The maximum atomic E-state index is 10.7. The van der Waals surface area contributed by atoms with E-state index in [-0.39, 0.29) is 6.61 Å². The van der Waals surface area contributed by atoms with Crippen molar-refractivity contribution in [3.63, 3.8) is 0 Å². The molecule has 0 aliphatic rings. The van der Waals surface area contributed by atoms with Crippen molar-refractivity contribution in [3.05, 3.63) is 33.7 Å². The minimum absolute atomic E-state index is 0.108. The molecule has 14 heavy (non-hydrogen) atoms. The van der Waals surface area contributed by atoms with E-state index in [0.717, 1.165) is 16.4 Å². The molecule has 2 aromatic rings. The minimum atomic E-state index is -0.108. The Morgan fingerprint density at radius 3 is 2.93 bits per heavy atom. The second-order valence-corrected chi connectivity index (χ2v) is 4.17. The largest absolute Gasteiger partial charge is 0.392 e. The lowest BCUT2D eigenvalue weighted by atomic mass is 10.1. The van der Waals surface area contributed by atoms with E-state index < -0.39 is 0 Å². The number of fused-ring (bicyclic) bond motifs is 1. The molecule has 0 atom stereocenters. The molecular formula is C10H7ClO2S. The topological polar surface area (TPSA) is 37.3 Å². The molecular weight excluding hydrogens is 220 g/mol. The van der Waals surface area contributed by atoms with Crippen molar-refractivity contribution in [1.82, 2.24) is 0 Å². The first-order chi connectivity index (χ1) is 6.77. The van der Waals surface area contributed by atoms with E-state index in [1.807, 2.05) is 6.07 Å².